The monoisotopic (exact) mass is 223 g/mol. The maximum Gasteiger partial charge on any atom is 0.414 e. The van der Waals surface area contributed by atoms with Crippen molar-refractivity contribution in [3.63, 3.8) is 0 Å². The fraction of sp³-hybridized carbons (Fsp3) is 0.500. The summed E-state index contributed by atoms with van der Waals surface area (Å²) in [5, 5.41) is 0.137. The van der Waals surface area contributed by atoms with Crippen LogP contribution in [0.5, 0.6) is 0 Å². The molecule has 0 fully saturated rings. The van der Waals surface area contributed by atoms with Gasteiger partial charge in [-0.2, -0.15) is 13.2 Å². The predicted molar refractivity (Wildman–Crippen MR) is 42.2 cm³/mol. The lowest BCUT2D eigenvalue weighted by atomic mass is 10.2. The Morgan fingerprint density at radius 1 is 1.13 bits per heavy atom. The number of nitrogens with zero attached hydrogens (tertiary/aromatic N) is 1. The third kappa shape index (κ3) is 2.35. The van der Waals surface area contributed by atoms with Crippen LogP contribution >= 0.6 is 0 Å². The quantitative estimate of drug-likeness (QED) is 0.660. The summed E-state index contributed by atoms with van der Waals surface area (Å²) in [4.78, 5) is 26.5. The summed E-state index contributed by atoms with van der Waals surface area (Å²) in [7, 11) is 0. The molecule has 1 heterocycles. The molecule has 0 saturated heterocycles. The fourth-order valence-electron chi connectivity index (χ4n) is 0.973. The van der Waals surface area contributed by atoms with E-state index in [4.69, 9.17) is 0 Å². The van der Waals surface area contributed by atoms with Crippen LogP contribution in [-0.4, -0.2) is 29.7 Å². The molecule has 0 atom stereocenters. The van der Waals surface area contributed by atoms with E-state index in [0.29, 0.717) is 0 Å². The Hall–Kier alpha value is -1.37. The first kappa shape index (κ1) is 11.7. The highest BCUT2D eigenvalue weighted by molar-refractivity contribution is 6.17. The number of imide groups is 1. The van der Waals surface area contributed by atoms with Gasteiger partial charge in [-0.1, -0.05) is 0 Å². The highest BCUT2D eigenvalue weighted by Crippen LogP contribution is 2.22. The van der Waals surface area contributed by atoms with Gasteiger partial charge in [-0.15, -0.1) is 5.06 Å². The van der Waals surface area contributed by atoms with Crippen LogP contribution in [0.25, 0.3) is 0 Å². The van der Waals surface area contributed by atoms with Crippen molar-refractivity contribution < 1.29 is 27.6 Å². The van der Waals surface area contributed by atoms with Crippen molar-refractivity contribution in [3.8, 4) is 0 Å². The predicted octanol–water partition coefficient (Wildman–Crippen LogP) is 1.19. The van der Waals surface area contributed by atoms with Gasteiger partial charge in [0, 0.05) is 11.1 Å². The number of carbonyl (C=O) groups is 2. The van der Waals surface area contributed by atoms with Gasteiger partial charge in [-0.3, -0.25) is 14.4 Å². The van der Waals surface area contributed by atoms with Crippen molar-refractivity contribution in [2.24, 2.45) is 0 Å². The molecule has 0 aromatic carbocycles. The topological polar surface area (TPSA) is 46.6 Å². The van der Waals surface area contributed by atoms with Crippen molar-refractivity contribution in [1.82, 2.24) is 5.06 Å². The van der Waals surface area contributed by atoms with Crippen LogP contribution in [0, 0.1) is 0 Å². The van der Waals surface area contributed by atoms with Crippen molar-refractivity contribution in [2.45, 2.75) is 20.0 Å². The number of rotatable bonds is 2. The molecule has 7 heteroatoms. The Labute approximate surface area is 83.2 Å². The van der Waals surface area contributed by atoms with Gasteiger partial charge < -0.3 is 0 Å². The third-order valence-corrected chi connectivity index (χ3v) is 1.93. The Bertz CT molecular complexity index is 322. The molecule has 0 unspecified atom stereocenters. The summed E-state index contributed by atoms with van der Waals surface area (Å²) in [6.07, 6.45) is -4.58. The average Bonchev–Trinajstić information content (AvgIpc) is 2.28. The Morgan fingerprint density at radius 2 is 1.53 bits per heavy atom. The summed E-state index contributed by atoms with van der Waals surface area (Å²) in [5.41, 5.74) is 0.198. The Morgan fingerprint density at radius 3 is 1.87 bits per heavy atom. The number of hydrogen-bond donors (Lipinski definition) is 0. The zero-order valence-electron chi connectivity index (χ0n) is 8.01. The second-order valence-corrected chi connectivity index (χ2v) is 3.04. The second-order valence-electron chi connectivity index (χ2n) is 3.04. The van der Waals surface area contributed by atoms with Crippen LogP contribution in [-0.2, 0) is 14.4 Å². The fourth-order valence-corrected chi connectivity index (χ4v) is 0.973. The zero-order chi connectivity index (χ0) is 11.8. The maximum atomic E-state index is 11.8. The van der Waals surface area contributed by atoms with E-state index >= 15 is 0 Å². The van der Waals surface area contributed by atoms with Crippen LogP contribution in [0.1, 0.15) is 13.8 Å². The minimum absolute atomic E-state index is 0.0992. The van der Waals surface area contributed by atoms with E-state index in [1.54, 1.807) is 0 Å². The smallest absolute Gasteiger partial charge is 0.267 e. The Kier molecular flexibility index (Phi) is 2.85. The number of alkyl halides is 3. The molecule has 0 bridgehead atoms. The lowest BCUT2D eigenvalue weighted by Crippen LogP contribution is -2.35. The van der Waals surface area contributed by atoms with Gasteiger partial charge in [0.05, 0.1) is 0 Å². The molecule has 0 aromatic heterocycles. The number of hydroxylamine groups is 2. The van der Waals surface area contributed by atoms with E-state index in [1.165, 1.54) is 13.8 Å². The maximum absolute atomic E-state index is 11.8. The molecule has 0 aliphatic carbocycles. The molecule has 0 N–H and O–H groups in total. The molecule has 84 valence electrons. The number of halogens is 3. The van der Waals surface area contributed by atoms with Crippen LogP contribution in [0.15, 0.2) is 11.1 Å². The van der Waals surface area contributed by atoms with Gasteiger partial charge in [0.15, 0.2) is 6.61 Å². The second kappa shape index (κ2) is 3.65. The largest absolute Gasteiger partial charge is 0.414 e. The molecular weight excluding hydrogens is 215 g/mol. The zero-order valence-corrected chi connectivity index (χ0v) is 8.01. The van der Waals surface area contributed by atoms with E-state index < -0.39 is 24.6 Å². The van der Waals surface area contributed by atoms with Crippen LogP contribution in [0.4, 0.5) is 13.2 Å². The van der Waals surface area contributed by atoms with Gasteiger partial charge in [0.1, 0.15) is 0 Å². The van der Waals surface area contributed by atoms with E-state index in [0.717, 1.165) is 0 Å². The first-order valence-corrected chi connectivity index (χ1v) is 4.00. The summed E-state index contributed by atoms with van der Waals surface area (Å²) < 4.78 is 35.3. The van der Waals surface area contributed by atoms with Crippen LogP contribution < -0.4 is 0 Å². The third-order valence-electron chi connectivity index (χ3n) is 1.93. The van der Waals surface area contributed by atoms with Gasteiger partial charge in [-0.05, 0) is 13.8 Å². The average molecular weight is 223 g/mol. The molecule has 0 saturated carbocycles. The van der Waals surface area contributed by atoms with E-state index in [1.807, 2.05) is 0 Å². The molecular formula is C8H8F3NO3. The number of carbonyl (C=O) groups excluding carboxylic acids is 2. The molecule has 0 radical (unpaired) electrons. The van der Waals surface area contributed by atoms with Gasteiger partial charge >= 0.3 is 6.18 Å². The summed E-state index contributed by atoms with van der Waals surface area (Å²) >= 11 is 0. The highest BCUT2D eigenvalue weighted by Gasteiger charge is 2.38. The molecule has 1 rings (SSSR count). The van der Waals surface area contributed by atoms with Crippen LogP contribution in [0.2, 0.25) is 0 Å². The van der Waals surface area contributed by atoms with Gasteiger partial charge in [-0.25, -0.2) is 0 Å². The van der Waals surface area contributed by atoms with E-state index in [2.05, 4.69) is 4.84 Å². The number of hydrogen-bond acceptors (Lipinski definition) is 3. The van der Waals surface area contributed by atoms with Crippen molar-refractivity contribution >= 4 is 11.8 Å². The lowest BCUT2D eigenvalue weighted by Gasteiger charge is -2.15. The summed E-state index contributed by atoms with van der Waals surface area (Å²) in [6, 6.07) is 0. The minimum Gasteiger partial charge on any atom is -0.267 e. The molecule has 4 nitrogen and oxygen atoms in total. The van der Waals surface area contributed by atoms with E-state index in [-0.39, 0.29) is 16.2 Å². The SMILES string of the molecule is CC1=C(C)C(=O)N(OCC(F)(F)F)C1=O. The lowest BCUT2D eigenvalue weighted by molar-refractivity contribution is -0.238. The van der Waals surface area contributed by atoms with E-state index in [9.17, 15) is 22.8 Å². The molecule has 15 heavy (non-hydrogen) atoms. The minimum atomic E-state index is -4.58. The molecule has 1 aliphatic rings. The van der Waals surface area contributed by atoms with Crippen molar-refractivity contribution in [3.05, 3.63) is 11.1 Å². The standard InChI is InChI=1S/C8H8F3NO3/c1-4-5(2)7(14)12(6(4)13)15-3-8(9,10)11/h3H2,1-2H3. The van der Waals surface area contributed by atoms with Gasteiger partial charge in [0.25, 0.3) is 11.8 Å². The molecule has 0 aromatic rings. The summed E-state index contributed by atoms with van der Waals surface area (Å²) in [5.74, 6) is -1.69. The first-order valence-electron chi connectivity index (χ1n) is 4.00. The summed E-state index contributed by atoms with van der Waals surface area (Å²) in [6.45, 7) is 1.05. The molecule has 0 spiro atoms. The first-order chi connectivity index (χ1) is 6.74. The van der Waals surface area contributed by atoms with Crippen molar-refractivity contribution in [2.75, 3.05) is 6.61 Å². The van der Waals surface area contributed by atoms with Crippen LogP contribution in [0.3, 0.4) is 0 Å². The Balaban J connectivity index is 2.69. The van der Waals surface area contributed by atoms with Gasteiger partial charge in [0.2, 0.25) is 0 Å². The molecule has 2 amide bonds. The van der Waals surface area contributed by atoms with Crippen molar-refractivity contribution in [1.29, 1.82) is 0 Å². The molecule has 1 aliphatic heterocycles. The highest BCUT2D eigenvalue weighted by atomic mass is 19.4. The number of amides is 2. The normalized spacial score (nSPS) is 18.1.